The molecule has 1 aliphatic heterocycles. The molecule has 0 amide bonds. The zero-order chi connectivity index (χ0) is 23.6. The topological polar surface area (TPSA) is 87.1 Å². The first-order chi connectivity index (χ1) is 15.2. The molecule has 0 unspecified atom stereocenters. The smallest absolute Gasteiger partial charge is 0.328 e. The molecule has 1 aliphatic rings. The molecule has 0 aromatic heterocycles. The van der Waals surface area contributed by atoms with E-state index in [4.69, 9.17) is 26.6 Å². The van der Waals surface area contributed by atoms with Gasteiger partial charge in [-0.3, -0.25) is 0 Å². The van der Waals surface area contributed by atoms with E-state index in [1.807, 2.05) is 18.2 Å². The number of benzene rings is 2. The minimum absolute atomic E-state index is 0.455. The molecule has 0 radical (unpaired) electrons. The Morgan fingerprint density at radius 3 is 2.12 bits per heavy atom. The summed E-state index contributed by atoms with van der Waals surface area (Å²) < 4.78 is 6.48. The number of carboxylic acid groups (broad SMARTS) is 2. The number of rotatable bonds is 8. The second-order valence-electron chi connectivity index (χ2n) is 7.83. The number of nitrogens with zero attached hydrogens (tertiary/aromatic N) is 1. The van der Waals surface area contributed by atoms with Gasteiger partial charge in [-0.2, -0.15) is 0 Å². The molecule has 7 heteroatoms. The lowest BCUT2D eigenvalue weighted by Crippen LogP contribution is -2.31. The van der Waals surface area contributed by atoms with Gasteiger partial charge in [0.25, 0.3) is 0 Å². The van der Waals surface area contributed by atoms with Crippen LogP contribution < -0.4 is 0 Å². The highest BCUT2D eigenvalue weighted by Crippen LogP contribution is 2.34. The van der Waals surface area contributed by atoms with Gasteiger partial charge in [-0.25, -0.2) is 9.59 Å². The fraction of sp³-hybridized carbons (Fsp3) is 0.360. The van der Waals surface area contributed by atoms with Crippen molar-refractivity contribution in [1.29, 1.82) is 0 Å². The van der Waals surface area contributed by atoms with E-state index in [1.54, 1.807) is 0 Å². The van der Waals surface area contributed by atoms with E-state index in [-0.39, 0.29) is 0 Å². The summed E-state index contributed by atoms with van der Waals surface area (Å²) in [4.78, 5) is 21.6. The van der Waals surface area contributed by atoms with Crippen molar-refractivity contribution < 1.29 is 24.5 Å². The quantitative estimate of drug-likeness (QED) is 0.550. The number of carbonyl (C=O) groups is 2. The van der Waals surface area contributed by atoms with Crippen LogP contribution in [0.1, 0.15) is 37.3 Å². The van der Waals surface area contributed by atoms with Crippen LogP contribution in [0.4, 0.5) is 0 Å². The van der Waals surface area contributed by atoms with Gasteiger partial charge in [-0.1, -0.05) is 54.1 Å². The van der Waals surface area contributed by atoms with Crippen LogP contribution in [0.15, 0.2) is 66.7 Å². The van der Waals surface area contributed by atoms with Crippen LogP contribution in [0, 0.1) is 0 Å². The second kappa shape index (κ2) is 12.4. The van der Waals surface area contributed by atoms with E-state index in [0.717, 1.165) is 23.6 Å². The van der Waals surface area contributed by atoms with Crippen molar-refractivity contribution in [1.82, 2.24) is 4.90 Å². The van der Waals surface area contributed by atoms with Crippen molar-refractivity contribution in [2.45, 2.75) is 37.8 Å². The molecule has 2 atom stereocenters. The molecule has 32 heavy (non-hydrogen) atoms. The lowest BCUT2D eigenvalue weighted by Gasteiger charge is -2.32. The molecule has 1 saturated heterocycles. The Balaban J connectivity index is 0.000000390. The number of halogens is 1. The van der Waals surface area contributed by atoms with Gasteiger partial charge in [0.05, 0.1) is 0 Å². The molecule has 3 rings (SSSR count). The number of ether oxygens (including phenoxy) is 1. The van der Waals surface area contributed by atoms with E-state index in [0.29, 0.717) is 18.2 Å². The van der Waals surface area contributed by atoms with Crippen LogP contribution in [-0.4, -0.2) is 53.3 Å². The van der Waals surface area contributed by atoms with E-state index >= 15 is 0 Å². The number of likely N-dealkylation sites (tertiary alicyclic amines) is 1. The third kappa shape index (κ3) is 7.79. The molecule has 0 bridgehead atoms. The zero-order valence-electron chi connectivity index (χ0n) is 18.4. The van der Waals surface area contributed by atoms with Crippen LogP contribution in [0.5, 0.6) is 0 Å². The van der Waals surface area contributed by atoms with Crippen molar-refractivity contribution in [3.63, 3.8) is 0 Å². The fourth-order valence-corrected chi connectivity index (χ4v) is 3.87. The Labute approximate surface area is 194 Å². The minimum atomic E-state index is -1.26. The van der Waals surface area contributed by atoms with Crippen LogP contribution in [0.25, 0.3) is 0 Å². The van der Waals surface area contributed by atoms with Gasteiger partial charge in [0.15, 0.2) is 0 Å². The molecule has 2 N–H and O–H groups in total. The molecule has 172 valence electrons. The summed E-state index contributed by atoms with van der Waals surface area (Å²) in [6.45, 7) is 4.12. The molecule has 1 fully saturated rings. The van der Waals surface area contributed by atoms with Gasteiger partial charge in [0.2, 0.25) is 0 Å². The third-order valence-electron chi connectivity index (χ3n) is 5.60. The Hall–Kier alpha value is -2.67. The number of hydrogen-bond donors (Lipinski definition) is 2. The van der Waals surface area contributed by atoms with Crippen molar-refractivity contribution in [2.24, 2.45) is 0 Å². The van der Waals surface area contributed by atoms with Gasteiger partial charge < -0.3 is 19.8 Å². The highest BCUT2D eigenvalue weighted by molar-refractivity contribution is 6.30. The van der Waals surface area contributed by atoms with E-state index in [2.05, 4.69) is 55.3 Å². The Morgan fingerprint density at radius 2 is 1.62 bits per heavy atom. The predicted molar refractivity (Wildman–Crippen MR) is 125 cm³/mol. The summed E-state index contributed by atoms with van der Waals surface area (Å²) >= 11 is 6.07. The van der Waals surface area contributed by atoms with Gasteiger partial charge in [-0.15, -0.1) is 0 Å². The molecule has 6 nitrogen and oxygen atoms in total. The maximum Gasteiger partial charge on any atom is 0.328 e. The average Bonchev–Trinajstić information content (AvgIpc) is 3.18. The lowest BCUT2D eigenvalue weighted by molar-refractivity contribution is -0.134. The van der Waals surface area contributed by atoms with Crippen molar-refractivity contribution in [3.05, 3.63) is 82.9 Å². The Bertz CT molecular complexity index is 884. The molecular weight excluding hydrogens is 430 g/mol. The highest BCUT2D eigenvalue weighted by atomic mass is 35.5. The monoisotopic (exact) mass is 459 g/mol. The molecule has 2 aromatic rings. The van der Waals surface area contributed by atoms with Gasteiger partial charge in [-0.05, 0) is 63.0 Å². The minimum Gasteiger partial charge on any atom is -0.478 e. The first kappa shape index (κ1) is 25.6. The van der Waals surface area contributed by atoms with Crippen LogP contribution in [0.2, 0.25) is 5.02 Å². The SMILES string of the molecule is CN1CCC[C@H]1CCO[C@](C)(c1ccccc1)c1ccc(Cl)cc1.O=C(O)/C=C/C(=O)O. The summed E-state index contributed by atoms with van der Waals surface area (Å²) in [5.41, 5.74) is 1.85. The van der Waals surface area contributed by atoms with Crippen molar-refractivity contribution in [2.75, 3.05) is 20.2 Å². The predicted octanol–water partition coefficient (Wildman–Crippen LogP) is 4.82. The Kier molecular flexibility index (Phi) is 9.91. The number of hydrogen-bond acceptors (Lipinski definition) is 4. The summed E-state index contributed by atoms with van der Waals surface area (Å²) in [5.74, 6) is -2.51. The van der Waals surface area contributed by atoms with Gasteiger partial charge >= 0.3 is 11.9 Å². The first-order valence-corrected chi connectivity index (χ1v) is 10.9. The molecule has 1 heterocycles. The Morgan fingerprint density at radius 1 is 1.06 bits per heavy atom. The van der Waals surface area contributed by atoms with Gasteiger partial charge in [0, 0.05) is 29.8 Å². The normalized spacial score (nSPS) is 18.0. The molecule has 0 aliphatic carbocycles. The van der Waals surface area contributed by atoms with E-state index in [9.17, 15) is 9.59 Å². The standard InChI is InChI=1S/C21H26ClNO.C4H4O4/c1-21(17-7-4-3-5-8-17,18-10-12-19(22)13-11-18)24-16-14-20-9-6-15-23(20)2;5-3(6)1-2-4(7)8/h3-5,7-8,10-13,20H,6,9,14-16H2,1-2H3;1-2H,(H,5,6)(H,7,8)/b;2-1+/t20-,21+;/m0./s1. The van der Waals surface area contributed by atoms with Gasteiger partial charge in [0.1, 0.15) is 5.60 Å². The van der Waals surface area contributed by atoms with Crippen LogP contribution in [0.3, 0.4) is 0 Å². The lowest BCUT2D eigenvalue weighted by atomic mass is 9.88. The molecule has 0 spiro atoms. The van der Waals surface area contributed by atoms with E-state index < -0.39 is 17.5 Å². The van der Waals surface area contributed by atoms with Crippen LogP contribution in [-0.2, 0) is 19.9 Å². The maximum absolute atomic E-state index is 9.55. The fourth-order valence-electron chi connectivity index (χ4n) is 3.74. The maximum atomic E-state index is 9.55. The second-order valence-corrected chi connectivity index (χ2v) is 8.27. The summed E-state index contributed by atoms with van der Waals surface area (Å²) in [6, 6.07) is 19.1. The highest BCUT2D eigenvalue weighted by Gasteiger charge is 2.30. The van der Waals surface area contributed by atoms with Crippen LogP contribution >= 0.6 is 11.6 Å². The molecule has 2 aromatic carbocycles. The summed E-state index contributed by atoms with van der Waals surface area (Å²) in [7, 11) is 2.22. The number of carboxylic acids is 2. The molecule has 0 saturated carbocycles. The average molecular weight is 460 g/mol. The van der Waals surface area contributed by atoms with Crippen molar-refractivity contribution >= 4 is 23.5 Å². The largest absolute Gasteiger partial charge is 0.478 e. The van der Waals surface area contributed by atoms with E-state index in [1.165, 1.54) is 24.9 Å². The summed E-state index contributed by atoms with van der Waals surface area (Å²) in [6.07, 6.45) is 4.77. The zero-order valence-corrected chi connectivity index (χ0v) is 19.2. The molecular formula is C25H30ClNO5. The van der Waals surface area contributed by atoms with Crippen molar-refractivity contribution in [3.8, 4) is 0 Å². The number of aliphatic carboxylic acids is 2. The summed E-state index contributed by atoms with van der Waals surface area (Å²) in [5, 5.41) is 16.4. The first-order valence-electron chi connectivity index (χ1n) is 10.5. The third-order valence-corrected chi connectivity index (χ3v) is 5.85.